The maximum absolute atomic E-state index is 14.0. The van der Waals surface area contributed by atoms with Crippen molar-refractivity contribution in [2.24, 2.45) is 0 Å². The van der Waals surface area contributed by atoms with Crippen LogP contribution in [0.15, 0.2) is 53.3 Å². The lowest BCUT2D eigenvalue weighted by atomic mass is 10.1. The van der Waals surface area contributed by atoms with Crippen LogP contribution in [0.25, 0.3) is 6.08 Å². The highest BCUT2D eigenvalue weighted by molar-refractivity contribution is 7.93. The summed E-state index contributed by atoms with van der Waals surface area (Å²) in [5.74, 6) is -2.84. The maximum Gasteiger partial charge on any atom is 0.269 e. The lowest BCUT2D eigenvalue weighted by Gasteiger charge is -2.34. The lowest BCUT2D eigenvalue weighted by molar-refractivity contribution is 0.579. The number of nitriles is 1. The number of sulfonamides is 1. The van der Waals surface area contributed by atoms with Gasteiger partial charge in [0.15, 0.2) is 0 Å². The Hall–Kier alpha value is -4.11. The van der Waals surface area contributed by atoms with Crippen molar-refractivity contribution in [1.82, 2.24) is 9.97 Å². The molecule has 0 spiro atoms. The molecule has 2 aromatic carbocycles. The Morgan fingerprint density at radius 3 is 2.45 bits per heavy atom. The van der Waals surface area contributed by atoms with Crippen LogP contribution in [0.3, 0.4) is 0 Å². The topological polar surface area (TPSA) is 125 Å². The average Bonchev–Trinajstić information content (AvgIpc) is 2.73. The van der Waals surface area contributed by atoms with Gasteiger partial charge in [-0.2, -0.15) is 5.26 Å². The molecule has 1 aromatic heterocycles. The van der Waals surface area contributed by atoms with Crippen molar-refractivity contribution in [2.45, 2.75) is 17.9 Å². The molecule has 33 heavy (non-hydrogen) atoms. The van der Waals surface area contributed by atoms with Gasteiger partial charge in [-0.1, -0.05) is 6.07 Å². The van der Waals surface area contributed by atoms with Gasteiger partial charge in [0, 0.05) is 6.07 Å². The molecule has 168 valence electrons. The third-order valence-electron chi connectivity index (χ3n) is 4.90. The predicted molar refractivity (Wildman–Crippen MR) is 115 cm³/mol. The maximum atomic E-state index is 14.0. The lowest BCUT2D eigenvalue weighted by Crippen LogP contribution is -2.40. The van der Waals surface area contributed by atoms with Gasteiger partial charge < -0.3 is 11.1 Å². The van der Waals surface area contributed by atoms with E-state index < -0.39 is 33.5 Å². The first-order valence-corrected chi connectivity index (χ1v) is 10.9. The normalized spacial score (nSPS) is 15.2. The van der Waals surface area contributed by atoms with Crippen LogP contribution in [-0.4, -0.2) is 24.4 Å². The van der Waals surface area contributed by atoms with E-state index in [1.165, 1.54) is 12.1 Å². The predicted octanol–water partition coefficient (Wildman–Crippen LogP) is 3.40. The minimum absolute atomic E-state index is 0.0334. The molecule has 0 fully saturated rings. The summed E-state index contributed by atoms with van der Waals surface area (Å²) in [7, 11) is -4.47. The summed E-state index contributed by atoms with van der Waals surface area (Å²) in [5, 5.41) is 12.3. The zero-order valence-electron chi connectivity index (χ0n) is 16.9. The molecule has 0 bridgehead atoms. The quantitative estimate of drug-likeness (QED) is 0.596. The van der Waals surface area contributed by atoms with Crippen LogP contribution in [0.1, 0.15) is 18.1 Å². The van der Waals surface area contributed by atoms with Gasteiger partial charge in [0.25, 0.3) is 10.0 Å². The number of fused-ring (bicyclic) bond motifs is 1. The summed E-state index contributed by atoms with van der Waals surface area (Å²) >= 11 is 0. The van der Waals surface area contributed by atoms with Gasteiger partial charge in [0.1, 0.15) is 47.0 Å². The van der Waals surface area contributed by atoms with Crippen molar-refractivity contribution in [3.05, 3.63) is 77.0 Å². The Kier molecular flexibility index (Phi) is 5.43. The van der Waals surface area contributed by atoms with Gasteiger partial charge in [-0.3, -0.25) is 0 Å². The summed E-state index contributed by atoms with van der Waals surface area (Å²) in [6.07, 6.45) is 2.56. The van der Waals surface area contributed by atoms with Crippen LogP contribution >= 0.6 is 0 Å². The first-order chi connectivity index (χ1) is 15.6. The van der Waals surface area contributed by atoms with Crippen molar-refractivity contribution in [1.29, 1.82) is 5.26 Å². The molecule has 2 heterocycles. The second-order valence-electron chi connectivity index (χ2n) is 7.11. The number of rotatable bonds is 4. The summed E-state index contributed by atoms with van der Waals surface area (Å²) in [6.45, 7) is 1.55. The van der Waals surface area contributed by atoms with Crippen molar-refractivity contribution in [3.8, 4) is 6.07 Å². The van der Waals surface area contributed by atoms with Crippen molar-refractivity contribution < 1.29 is 21.6 Å². The van der Waals surface area contributed by atoms with Gasteiger partial charge in [-0.15, -0.1) is 0 Å². The molecule has 0 saturated heterocycles. The minimum atomic E-state index is -4.47. The molecule has 3 aromatic rings. The standard InChI is InChI=1S/C21H15F3N6O2S/c1-11(29-21-17(9-25)20(26)27-10-28-21)18-4-12-2-3-13(22)8-19(12)33(31,32)30(18)16-6-14(23)5-15(24)7-16/h2-8,10-11H,1H3,(H3,26,27,28,29). The smallest absolute Gasteiger partial charge is 0.269 e. The zero-order valence-corrected chi connectivity index (χ0v) is 17.7. The molecule has 3 N–H and O–H groups in total. The highest BCUT2D eigenvalue weighted by Gasteiger charge is 2.37. The number of nitrogens with zero attached hydrogens (tertiary/aromatic N) is 4. The fourth-order valence-corrected chi connectivity index (χ4v) is 5.20. The third-order valence-corrected chi connectivity index (χ3v) is 6.71. The largest absolute Gasteiger partial charge is 0.382 e. The Labute approximate surface area is 186 Å². The second-order valence-corrected chi connectivity index (χ2v) is 8.86. The van der Waals surface area contributed by atoms with Gasteiger partial charge in [0.05, 0.1) is 22.3 Å². The molecule has 0 aliphatic carbocycles. The fourth-order valence-electron chi connectivity index (χ4n) is 3.45. The van der Waals surface area contributed by atoms with Gasteiger partial charge >= 0.3 is 0 Å². The third kappa shape index (κ3) is 3.94. The van der Waals surface area contributed by atoms with E-state index in [2.05, 4.69) is 15.3 Å². The first-order valence-electron chi connectivity index (χ1n) is 9.41. The van der Waals surface area contributed by atoms with Crippen LogP contribution in [-0.2, 0) is 10.0 Å². The number of anilines is 3. The molecule has 1 aliphatic rings. The number of halogens is 3. The van der Waals surface area contributed by atoms with Crippen molar-refractivity contribution in [2.75, 3.05) is 15.4 Å². The average molecular weight is 472 g/mol. The summed E-state index contributed by atoms with van der Waals surface area (Å²) < 4.78 is 69.5. The molecule has 4 rings (SSSR count). The van der Waals surface area contributed by atoms with E-state index in [1.807, 2.05) is 6.07 Å². The van der Waals surface area contributed by atoms with Gasteiger partial charge in [-0.25, -0.2) is 35.9 Å². The molecule has 1 aliphatic heterocycles. The SMILES string of the molecule is CC(Nc1ncnc(N)c1C#N)C1=Cc2ccc(F)cc2S(=O)(=O)N1c1cc(F)cc(F)c1. The Morgan fingerprint density at radius 1 is 1.09 bits per heavy atom. The molecule has 1 unspecified atom stereocenters. The zero-order chi connectivity index (χ0) is 23.9. The van der Waals surface area contributed by atoms with Crippen molar-refractivity contribution in [3.63, 3.8) is 0 Å². The van der Waals surface area contributed by atoms with Crippen LogP contribution in [0.5, 0.6) is 0 Å². The number of nitrogens with two attached hydrogens (primary N) is 1. The van der Waals surface area contributed by atoms with E-state index in [4.69, 9.17) is 5.73 Å². The number of hydrogen-bond acceptors (Lipinski definition) is 7. The number of nitrogen functional groups attached to an aromatic ring is 1. The van der Waals surface area contributed by atoms with Crippen LogP contribution in [0.4, 0.5) is 30.5 Å². The van der Waals surface area contributed by atoms with E-state index in [0.29, 0.717) is 6.07 Å². The Bertz CT molecular complexity index is 1430. The highest BCUT2D eigenvalue weighted by Crippen LogP contribution is 2.38. The number of aromatic nitrogens is 2. The molecular weight excluding hydrogens is 457 g/mol. The molecule has 0 radical (unpaired) electrons. The minimum Gasteiger partial charge on any atom is -0.382 e. The van der Waals surface area contributed by atoms with Crippen LogP contribution in [0, 0.1) is 28.8 Å². The van der Waals surface area contributed by atoms with E-state index >= 15 is 0 Å². The fraction of sp³-hybridized carbons (Fsp3) is 0.0952. The molecule has 0 saturated carbocycles. The number of hydrogen-bond donors (Lipinski definition) is 2. The van der Waals surface area contributed by atoms with Gasteiger partial charge in [0.2, 0.25) is 0 Å². The van der Waals surface area contributed by atoms with E-state index in [0.717, 1.165) is 34.9 Å². The molecule has 12 heteroatoms. The van der Waals surface area contributed by atoms with Crippen molar-refractivity contribution >= 4 is 33.4 Å². The first kappa shape index (κ1) is 22.1. The second kappa shape index (κ2) is 8.10. The number of benzene rings is 2. The monoisotopic (exact) mass is 472 g/mol. The molecular formula is C21H15F3N6O2S. The van der Waals surface area contributed by atoms with E-state index in [1.54, 1.807) is 6.92 Å². The summed E-state index contributed by atoms with van der Waals surface area (Å²) in [5.41, 5.74) is 5.53. The summed E-state index contributed by atoms with van der Waals surface area (Å²) in [4.78, 5) is 7.34. The molecule has 1 atom stereocenters. The molecule has 8 nitrogen and oxygen atoms in total. The molecule has 0 amide bonds. The van der Waals surface area contributed by atoms with Crippen LogP contribution in [0.2, 0.25) is 0 Å². The van der Waals surface area contributed by atoms with Crippen LogP contribution < -0.4 is 15.4 Å². The summed E-state index contributed by atoms with van der Waals surface area (Å²) in [6, 6.07) is 6.48. The van der Waals surface area contributed by atoms with Gasteiger partial charge in [-0.05, 0) is 42.8 Å². The Balaban J connectivity index is 1.90. The van der Waals surface area contributed by atoms with E-state index in [9.17, 15) is 26.9 Å². The Morgan fingerprint density at radius 2 is 1.79 bits per heavy atom. The highest BCUT2D eigenvalue weighted by atomic mass is 32.2. The number of nitrogens with one attached hydrogen (secondary N) is 1. The van der Waals surface area contributed by atoms with E-state index in [-0.39, 0.29) is 39.0 Å².